The molecule has 13 aromatic rings. The predicted molar refractivity (Wildman–Crippen MR) is 331 cm³/mol. The van der Waals surface area contributed by atoms with Gasteiger partial charge in [0.15, 0.2) is 0 Å². The monoisotopic (exact) mass is 996 g/mol. The Morgan fingerprint density at radius 3 is 1.28 bits per heavy atom. The minimum absolute atomic E-state index is 0.224. The van der Waals surface area contributed by atoms with E-state index in [9.17, 15) is 0 Å². The molecule has 1 aliphatic carbocycles. The fourth-order valence-electron chi connectivity index (χ4n) is 13.7. The van der Waals surface area contributed by atoms with E-state index in [0.29, 0.717) is 0 Å². The van der Waals surface area contributed by atoms with Crippen LogP contribution in [0.5, 0.6) is 0 Å². The van der Waals surface area contributed by atoms with E-state index in [1.807, 2.05) is 0 Å². The number of anilines is 12. The lowest BCUT2D eigenvalue weighted by Gasteiger charge is -2.40. The molecule has 4 heteroatoms. The van der Waals surface area contributed by atoms with Gasteiger partial charge < -0.3 is 19.6 Å². The molecule has 0 radical (unpaired) electrons. The molecule has 2 aliphatic heterocycles. The number of para-hydroxylation sites is 10. The molecule has 2 heterocycles. The fourth-order valence-corrected chi connectivity index (χ4v) is 13.7. The summed E-state index contributed by atoms with van der Waals surface area (Å²) < 4.78 is 0. The summed E-state index contributed by atoms with van der Waals surface area (Å²) in [6.45, 7) is 7.10. The molecular formula is C74H52N4. The second kappa shape index (κ2) is 16.8. The van der Waals surface area contributed by atoms with Crippen molar-refractivity contribution in [1.82, 2.24) is 0 Å². The van der Waals surface area contributed by atoms with Crippen molar-refractivity contribution >= 4 is 123 Å². The van der Waals surface area contributed by atoms with Gasteiger partial charge in [-0.3, -0.25) is 0 Å². The van der Waals surface area contributed by atoms with Crippen molar-refractivity contribution in [2.24, 2.45) is 0 Å². The summed E-state index contributed by atoms with van der Waals surface area (Å²) in [6, 6.07) is 91.8. The maximum atomic E-state index is 2.47. The number of nitrogens with zero attached hydrogens (tertiary/aromatic N) is 4. The molecule has 0 N–H and O–H groups in total. The Labute approximate surface area is 454 Å². The van der Waals surface area contributed by atoms with E-state index < -0.39 is 0 Å². The Bertz CT molecular complexity index is 4510. The van der Waals surface area contributed by atoms with E-state index in [1.54, 1.807) is 0 Å². The van der Waals surface area contributed by atoms with Gasteiger partial charge in [-0.25, -0.2) is 0 Å². The van der Waals surface area contributed by atoms with Gasteiger partial charge in [-0.1, -0.05) is 184 Å². The molecule has 16 rings (SSSR count). The lowest BCUT2D eigenvalue weighted by Crippen LogP contribution is -2.24. The quantitative estimate of drug-likeness (QED) is 0.0935. The lowest BCUT2D eigenvalue weighted by atomic mass is 9.81. The first-order valence-corrected chi connectivity index (χ1v) is 27.2. The second-order valence-corrected chi connectivity index (χ2v) is 21.7. The minimum atomic E-state index is -0.224. The summed E-state index contributed by atoms with van der Waals surface area (Å²) in [5, 5.41) is 10.2. The van der Waals surface area contributed by atoms with Gasteiger partial charge >= 0.3 is 0 Å². The molecule has 0 saturated carbocycles. The van der Waals surface area contributed by atoms with Gasteiger partial charge in [0.1, 0.15) is 0 Å². The molecule has 3 aliphatic rings. The topological polar surface area (TPSA) is 13.0 Å². The molecule has 4 nitrogen and oxygen atoms in total. The zero-order chi connectivity index (χ0) is 51.8. The van der Waals surface area contributed by atoms with Gasteiger partial charge in [-0.2, -0.15) is 0 Å². The molecule has 13 aromatic carbocycles. The number of benzene rings is 13. The second-order valence-electron chi connectivity index (χ2n) is 21.7. The molecule has 0 saturated heterocycles. The van der Waals surface area contributed by atoms with Crippen LogP contribution in [0.25, 0.3) is 66.4 Å². The molecular weight excluding hydrogens is 945 g/mol. The van der Waals surface area contributed by atoms with Crippen LogP contribution >= 0.6 is 0 Å². The Balaban J connectivity index is 0.764. The molecule has 0 amide bonds. The van der Waals surface area contributed by atoms with Gasteiger partial charge in [0, 0.05) is 27.9 Å². The van der Waals surface area contributed by atoms with Crippen LogP contribution in [0.4, 0.5) is 68.2 Å². The summed E-state index contributed by atoms with van der Waals surface area (Å²) in [5.41, 5.74) is 22.8. The molecule has 0 spiro atoms. The molecule has 368 valence electrons. The summed E-state index contributed by atoms with van der Waals surface area (Å²) >= 11 is 0. The third-order valence-corrected chi connectivity index (χ3v) is 17.1. The van der Waals surface area contributed by atoms with Crippen LogP contribution in [0.3, 0.4) is 0 Å². The zero-order valence-electron chi connectivity index (χ0n) is 43.6. The predicted octanol–water partition coefficient (Wildman–Crippen LogP) is 21.0. The van der Waals surface area contributed by atoms with Crippen molar-refractivity contribution in [3.63, 3.8) is 0 Å². The number of aryl methyl sites for hydroxylation is 1. The third kappa shape index (κ3) is 6.35. The van der Waals surface area contributed by atoms with Crippen LogP contribution in [0.15, 0.2) is 249 Å². The number of fused-ring (bicyclic) bond motifs is 9. The van der Waals surface area contributed by atoms with Crippen molar-refractivity contribution in [1.29, 1.82) is 0 Å². The standard InChI is InChI=1S/C74H52N4/c1-47-44-52(77-65-30-12-10-28-63(65)75(50-20-6-4-7-21-50)64-29-11-13-31-66(64)77)46-61-71(47)58-40-37-48(45-60(58)74(61,2)3)36-38-49-39-41-56-55-26-19-27-59-62(43-42-57(73(55)59)54-25-18-24-53(49)72(54)56)78-69-34-16-14-32-67(69)76(51-22-8-5-9-23-51)68-33-15-17-35-70(68)78/h4-46H,1-3H3. The Kier molecular flexibility index (Phi) is 9.56. The zero-order valence-corrected chi connectivity index (χ0v) is 43.6. The van der Waals surface area contributed by atoms with Crippen molar-refractivity contribution in [2.75, 3.05) is 19.6 Å². The van der Waals surface area contributed by atoms with Gasteiger partial charge in [0.25, 0.3) is 0 Å². The van der Waals surface area contributed by atoms with Crippen LogP contribution < -0.4 is 19.6 Å². The normalized spacial score (nSPS) is 14.0. The molecule has 0 fully saturated rings. The smallest absolute Gasteiger partial charge is 0.0703 e. The van der Waals surface area contributed by atoms with Crippen molar-refractivity contribution < 1.29 is 0 Å². The van der Waals surface area contributed by atoms with Gasteiger partial charge in [-0.15, -0.1) is 0 Å². The van der Waals surface area contributed by atoms with Crippen LogP contribution in [0.2, 0.25) is 0 Å². The van der Waals surface area contributed by atoms with Crippen LogP contribution in [0, 0.1) is 6.92 Å². The average Bonchev–Trinajstić information content (AvgIpc) is 3.89. The van der Waals surface area contributed by atoms with E-state index in [0.717, 1.165) is 56.9 Å². The van der Waals surface area contributed by atoms with Gasteiger partial charge in [0.05, 0.1) is 51.2 Å². The maximum absolute atomic E-state index is 2.47. The van der Waals surface area contributed by atoms with Gasteiger partial charge in [0.2, 0.25) is 0 Å². The molecule has 78 heavy (non-hydrogen) atoms. The Morgan fingerprint density at radius 1 is 0.308 bits per heavy atom. The lowest BCUT2D eigenvalue weighted by molar-refractivity contribution is 0.660. The molecule has 0 unspecified atom stereocenters. The van der Waals surface area contributed by atoms with Crippen molar-refractivity contribution in [2.45, 2.75) is 26.2 Å². The number of rotatable bonds is 6. The highest BCUT2D eigenvalue weighted by atomic mass is 15.3. The molecule has 0 bridgehead atoms. The Hall–Kier alpha value is -9.90. The van der Waals surface area contributed by atoms with E-state index in [4.69, 9.17) is 0 Å². The minimum Gasteiger partial charge on any atom is -0.306 e. The summed E-state index contributed by atoms with van der Waals surface area (Å²) in [5.74, 6) is 0. The van der Waals surface area contributed by atoms with E-state index in [-0.39, 0.29) is 5.41 Å². The summed E-state index contributed by atoms with van der Waals surface area (Å²) in [4.78, 5) is 9.73. The maximum Gasteiger partial charge on any atom is 0.0703 e. The summed E-state index contributed by atoms with van der Waals surface area (Å²) in [7, 11) is 0. The van der Waals surface area contributed by atoms with E-state index in [2.05, 4.69) is 301 Å². The van der Waals surface area contributed by atoms with Crippen molar-refractivity contribution in [3.05, 3.63) is 277 Å². The third-order valence-electron chi connectivity index (χ3n) is 17.1. The highest BCUT2D eigenvalue weighted by Gasteiger charge is 2.39. The first-order valence-electron chi connectivity index (χ1n) is 27.2. The van der Waals surface area contributed by atoms with E-state index in [1.165, 1.54) is 93.4 Å². The fraction of sp³-hybridized carbons (Fsp3) is 0.0541. The van der Waals surface area contributed by atoms with E-state index >= 15 is 0 Å². The van der Waals surface area contributed by atoms with Gasteiger partial charge in [-0.05, 0) is 175 Å². The first-order chi connectivity index (χ1) is 38.4. The Morgan fingerprint density at radius 2 is 0.744 bits per heavy atom. The highest BCUT2D eigenvalue weighted by Crippen LogP contribution is 2.59. The first kappa shape index (κ1) is 44.4. The number of hydrogen-bond donors (Lipinski definition) is 0. The molecule has 0 atom stereocenters. The van der Waals surface area contributed by atoms with Crippen molar-refractivity contribution in [3.8, 4) is 11.1 Å². The molecule has 0 aromatic heterocycles. The highest BCUT2D eigenvalue weighted by molar-refractivity contribution is 6.35. The van der Waals surface area contributed by atoms with Crippen LogP contribution in [-0.4, -0.2) is 0 Å². The van der Waals surface area contributed by atoms with Crippen LogP contribution in [-0.2, 0) is 5.41 Å². The average molecular weight is 997 g/mol. The van der Waals surface area contributed by atoms with Crippen LogP contribution in [0.1, 0.15) is 41.7 Å². The summed E-state index contributed by atoms with van der Waals surface area (Å²) in [6.07, 6.45) is 4.65. The number of hydrogen-bond acceptors (Lipinski definition) is 4. The largest absolute Gasteiger partial charge is 0.306 e. The SMILES string of the molecule is Cc1cc(N2c3ccccc3N(c3ccccc3)c3ccccc32)cc2c1-c1ccc(C=Cc3ccc4c5cccc6c(N7c8ccccc8N(c8ccccc8)c8ccccc87)ccc(c7cccc3c47)c65)cc1C2(C)C.